The summed E-state index contributed by atoms with van der Waals surface area (Å²) < 4.78 is 0. The average Bonchev–Trinajstić information content (AvgIpc) is 2.74. The van der Waals surface area contributed by atoms with Gasteiger partial charge < -0.3 is 0 Å². The Labute approximate surface area is 105 Å². The van der Waals surface area contributed by atoms with Gasteiger partial charge in [-0.2, -0.15) is 0 Å². The molecule has 0 saturated heterocycles. The van der Waals surface area contributed by atoms with Gasteiger partial charge in [-0.15, -0.1) is 0 Å². The Balaban J connectivity index is 2.18. The average molecular weight is 239 g/mol. The molecule has 1 aliphatic rings. The molecule has 3 nitrogen and oxygen atoms in total. The molecule has 1 atom stereocenters. The zero-order chi connectivity index (χ0) is 12.6. The van der Waals surface area contributed by atoms with Crippen LogP contribution >= 0.6 is 0 Å². The van der Waals surface area contributed by atoms with Crippen molar-refractivity contribution < 1.29 is 10.1 Å². The molecular weight excluding hydrogens is 226 g/mol. The van der Waals surface area contributed by atoms with E-state index in [0.29, 0.717) is 0 Å². The number of para-hydroxylation sites is 1. The smallest absolute Gasteiger partial charge is 0.170 e. The lowest BCUT2D eigenvalue weighted by atomic mass is 9.89. The fraction of sp³-hybridized carbons (Fsp3) is 0.133. The Bertz CT molecular complexity index is 607. The van der Waals surface area contributed by atoms with Crippen LogP contribution in [0.5, 0.6) is 0 Å². The number of rotatable bonds is 2. The van der Waals surface area contributed by atoms with E-state index >= 15 is 0 Å². The van der Waals surface area contributed by atoms with Gasteiger partial charge >= 0.3 is 0 Å². The van der Waals surface area contributed by atoms with Crippen molar-refractivity contribution in [2.24, 2.45) is 4.99 Å². The Morgan fingerprint density at radius 1 is 1.00 bits per heavy atom. The third kappa shape index (κ3) is 1.49. The van der Waals surface area contributed by atoms with Crippen molar-refractivity contribution in [1.29, 1.82) is 0 Å². The molecule has 1 heterocycles. The van der Waals surface area contributed by atoms with Gasteiger partial charge in [0.15, 0.2) is 5.60 Å². The minimum Gasteiger partial charge on any atom is -0.251 e. The lowest BCUT2D eigenvalue weighted by Gasteiger charge is -2.23. The van der Waals surface area contributed by atoms with Crippen molar-refractivity contribution >= 4 is 11.4 Å². The molecule has 2 aromatic rings. The minimum absolute atomic E-state index is 0.729. The Morgan fingerprint density at radius 2 is 1.67 bits per heavy atom. The lowest BCUT2D eigenvalue weighted by molar-refractivity contribution is -0.299. The maximum atomic E-state index is 9.32. The number of hydrogen-bond donors (Lipinski definition) is 1. The monoisotopic (exact) mass is 239 g/mol. The molecule has 3 rings (SSSR count). The van der Waals surface area contributed by atoms with Gasteiger partial charge in [0.2, 0.25) is 0 Å². The van der Waals surface area contributed by atoms with E-state index in [1.807, 2.05) is 61.5 Å². The topological polar surface area (TPSA) is 41.8 Å². The maximum absolute atomic E-state index is 9.32. The predicted molar refractivity (Wildman–Crippen MR) is 70.1 cm³/mol. The van der Waals surface area contributed by atoms with Crippen LogP contribution in [-0.2, 0) is 10.5 Å². The molecule has 0 saturated carbocycles. The van der Waals surface area contributed by atoms with Gasteiger partial charge in [0.05, 0.1) is 11.4 Å². The number of fused-ring (bicyclic) bond motifs is 1. The van der Waals surface area contributed by atoms with Gasteiger partial charge in [-0.1, -0.05) is 48.5 Å². The molecule has 2 aromatic carbocycles. The highest BCUT2D eigenvalue weighted by molar-refractivity contribution is 6.11. The van der Waals surface area contributed by atoms with E-state index in [1.165, 1.54) is 0 Å². The molecule has 0 amide bonds. The van der Waals surface area contributed by atoms with Crippen molar-refractivity contribution in [3.63, 3.8) is 0 Å². The van der Waals surface area contributed by atoms with Crippen LogP contribution in [0.2, 0.25) is 0 Å². The standard InChI is InChI=1S/C15H13NO2/c1-15(18-17)12-9-5-6-10-13(12)16-14(15)11-7-3-2-4-8-11/h2-10,17H,1H3. The molecule has 0 bridgehead atoms. The molecular formula is C15H13NO2. The first-order chi connectivity index (χ1) is 8.75. The first-order valence-corrected chi connectivity index (χ1v) is 5.82. The second-order valence-corrected chi connectivity index (χ2v) is 4.47. The lowest BCUT2D eigenvalue weighted by Crippen LogP contribution is -2.32. The SMILES string of the molecule is CC1(OO)C(c2ccccc2)=Nc2ccccc21. The van der Waals surface area contributed by atoms with Gasteiger partial charge in [0.25, 0.3) is 0 Å². The van der Waals surface area contributed by atoms with Crippen molar-refractivity contribution in [2.45, 2.75) is 12.5 Å². The van der Waals surface area contributed by atoms with E-state index in [9.17, 15) is 5.26 Å². The van der Waals surface area contributed by atoms with Crippen molar-refractivity contribution in [1.82, 2.24) is 0 Å². The Kier molecular flexibility index (Phi) is 2.51. The van der Waals surface area contributed by atoms with Crippen LogP contribution in [0.15, 0.2) is 59.6 Å². The number of aliphatic imine (C=N–C) groups is 1. The predicted octanol–water partition coefficient (Wildman–Crippen LogP) is 3.53. The Hall–Kier alpha value is -1.97. The third-order valence-corrected chi connectivity index (χ3v) is 3.33. The molecule has 0 aromatic heterocycles. The molecule has 0 fully saturated rings. The molecule has 1 aliphatic heterocycles. The van der Waals surface area contributed by atoms with Crippen molar-refractivity contribution in [2.75, 3.05) is 0 Å². The normalized spacial score (nSPS) is 21.6. The summed E-state index contributed by atoms with van der Waals surface area (Å²) in [5.41, 5.74) is 2.49. The summed E-state index contributed by atoms with van der Waals surface area (Å²) >= 11 is 0. The molecule has 0 spiro atoms. The van der Waals surface area contributed by atoms with E-state index < -0.39 is 5.60 Å². The highest BCUT2D eigenvalue weighted by Crippen LogP contribution is 2.42. The molecule has 90 valence electrons. The highest BCUT2D eigenvalue weighted by atomic mass is 17.1. The third-order valence-electron chi connectivity index (χ3n) is 3.33. The molecule has 18 heavy (non-hydrogen) atoms. The summed E-state index contributed by atoms with van der Waals surface area (Å²) in [6, 6.07) is 17.4. The molecule has 3 heteroatoms. The second-order valence-electron chi connectivity index (χ2n) is 4.47. The summed E-state index contributed by atoms with van der Waals surface area (Å²) in [5, 5.41) is 9.32. The van der Waals surface area contributed by atoms with Gasteiger partial charge in [-0.25, -0.2) is 9.88 Å². The quantitative estimate of drug-likeness (QED) is 0.643. The molecule has 1 unspecified atom stereocenters. The first-order valence-electron chi connectivity index (χ1n) is 5.82. The fourth-order valence-electron chi connectivity index (χ4n) is 2.36. The summed E-state index contributed by atoms with van der Waals surface area (Å²) in [4.78, 5) is 9.34. The van der Waals surface area contributed by atoms with E-state index in [-0.39, 0.29) is 0 Å². The van der Waals surface area contributed by atoms with Crippen LogP contribution in [-0.4, -0.2) is 11.0 Å². The van der Waals surface area contributed by atoms with Gasteiger partial charge in [-0.3, -0.25) is 5.26 Å². The summed E-state index contributed by atoms with van der Waals surface area (Å²) in [6.45, 7) is 1.82. The van der Waals surface area contributed by atoms with Gasteiger partial charge in [0.1, 0.15) is 0 Å². The van der Waals surface area contributed by atoms with Crippen LogP contribution in [0.3, 0.4) is 0 Å². The zero-order valence-corrected chi connectivity index (χ0v) is 10.00. The van der Waals surface area contributed by atoms with E-state index in [0.717, 1.165) is 22.5 Å². The largest absolute Gasteiger partial charge is 0.251 e. The van der Waals surface area contributed by atoms with Crippen molar-refractivity contribution in [3.05, 3.63) is 65.7 Å². The maximum Gasteiger partial charge on any atom is 0.170 e. The van der Waals surface area contributed by atoms with Crippen molar-refractivity contribution in [3.8, 4) is 0 Å². The fourth-order valence-corrected chi connectivity index (χ4v) is 2.36. The molecule has 0 aliphatic carbocycles. The first kappa shape index (κ1) is 11.1. The minimum atomic E-state index is -0.905. The summed E-state index contributed by atoms with van der Waals surface area (Å²) in [6.07, 6.45) is 0. The second kappa shape index (κ2) is 4.05. The highest BCUT2D eigenvalue weighted by Gasteiger charge is 2.41. The van der Waals surface area contributed by atoms with Crippen LogP contribution < -0.4 is 0 Å². The van der Waals surface area contributed by atoms with Gasteiger partial charge in [0, 0.05) is 5.56 Å². The summed E-state index contributed by atoms with van der Waals surface area (Å²) in [5.74, 6) is 0. The number of benzene rings is 2. The number of hydrogen-bond acceptors (Lipinski definition) is 3. The van der Waals surface area contributed by atoms with Crippen LogP contribution in [0.4, 0.5) is 5.69 Å². The van der Waals surface area contributed by atoms with Crippen LogP contribution in [0.1, 0.15) is 18.1 Å². The van der Waals surface area contributed by atoms with E-state index in [4.69, 9.17) is 4.89 Å². The summed E-state index contributed by atoms with van der Waals surface area (Å²) in [7, 11) is 0. The number of nitrogens with zero attached hydrogens (tertiary/aromatic N) is 1. The van der Waals surface area contributed by atoms with Crippen LogP contribution in [0.25, 0.3) is 0 Å². The zero-order valence-electron chi connectivity index (χ0n) is 10.00. The van der Waals surface area contributed by atoms with Gasteiger partial charge in [-0.05, 0) is 18.6 Å². The van der Waals surface area contributed by atoms with Crippen LogP contribution in [0, 0.1) is 0 Å². The Morgan fingerprint density at radius 3 is 2.39 bits per heavy atom. The van der Waals surface area contributed by atoms with E-state index in [1.54, 1.807) is 0 Å². The van der Waals surface area contributed by atoms with E-state index in [2.05, 4.69) is 4.99 Å². The molecule has 1 N–H and O–H groups in total. The molecule has 0 radical (unpaired) electrons.